The first-order valence-corrected chi connectivity index (χ1v) is 5.14. The quantitative estimate of drug-likeness (QED) is 0.658. The van der Waals surface area contributed by atoms with Crippen LogP contribution in [0.5, 0.6) is 5.75 Å². The molecular formula is C11H8ClN3O. The second-order valence-electron chi connectivity index (χ2n) is 3.40. The first-order valence-electron chi connectivity index (χ1n) is 4.76. The van der Waals surface area contributed by atoms with Gasteiger partial charge in [-0.25, -0.2) is 9.97 Å². The van der Waals surface area contributed by atoms with Gasteiger partial charge < -0.3 is 9.72 Å². The van der Waals surface area contributed by atoms with E-state index >= 15 is 0 Å². The summed E-state index contributed by atoms with van der Waals surface area (Å²) in [6.07, 6.45) is 1.45. The zero-order valence-corrected chi connectivity index (χ0v) is 9.25. The van der Waals surface area contributed by atoms with Gasteiger partial charge in [-0.2, -0.15) is 0 Å². The molecule has 2 aromatic heterocycles. The molecule has 16 heavy (non-hydrogen) atoms. The lowest BCUT2D eigenvalue weighted by Gasteiger charge is -2.00. The van der Waals surface area contributed by atoms with Crippen LogP contribution in [0.25, 0.3) is 21.9 Å². The Hall–Kier alpha value is -1.81. The van der Waals surface area contributed by atoms with Crippen molar-refractivity contribution in [1.29, 1.82) is 0 Å². The second kappa shape index (κ2) is 3.35. The number of rotatable bonds is 1. The Bertz CT molecular complexity index is 677. The molecule has 0 saturated carbocycles. The van der Waals surface area contributed by atoms with Crippen molar-refractivity contribution < 1.29 is 4.74 Å². The molecule has 0 atom stereocenters. The summed E-state index contributed by atoms with van der Waals surface area (Å²) >= 11 is 6.00. The summed E-state index contributed by atoms with van der Waals surface area (Å²) in [4.78, 5) is 11.4. The highest BCUT2D eigenvalue weighted by molar-refractivity contribution is 6.34. The highest BCUT2D eigenvalue weighted by Crippen LogP contribution is 2.33. The van der Waals surface area contributed by atoms with Gasteiger partial charge in [-0.15, -0.1) is 0 Å². The second-order valence-corrected chi connectivity index (χ2v) is 3.75. The van der Waals surface area contributed by atoms with Crippen LogP contribution in [0.3, 0.4) is 0 Å². The number of nitrogens with one attached hydrogen (secondary N) is 1. The van der Waals surface area contributed by atoms with Crippen LogP contribution in [0.1, 0.15) is 0 Å². The Kier molecular flexibility index (Phi) is 1.97. The fourth-order valence-electron chi connectivity index (χ4n) is 1.85. The summed E-state index contributed by atoms with van der Waals surface area (Å²) in [7, 11) is 1.64. The van der Waals surface area contributed by atoms with Crippen molar-refractivity contribution in [1.82, 2.24) is 15.0 Å². The molecule has 80 valence electrons. The number of aromatic amines is 1. The minimum atomic E-state index is 0.420. The lowest BCUT2D eigenvalue weighted by atomic mass is 10.2. The Labute approximate surface area is 96.2 Å². The van der Waals surface area contributed by atoms with E-state index in [1.54, 1.807) is 7.11 Å². The van der Waals surface area contributed by atoms with Crippen molar-refractivity contribution in [2.24, 2.45) is 0 Å². The van der Waals surface area contributed by atoms with E-state index in [0.717, 1.165) is 27.7 Å². The third-order valence-electron chi connectivity index (χ3n) is 2.54. The molecule has 0 amide bonds. The van der Waals surface area contributed by atoms with E-state index in [2.05, 4.69) is 15.0 Å². The Morgan fingerprint density at radius 3 is 3.00 bits per heavy atom. The van der Waals surface area contributed by atoms with Gasteiger partial charge in [0.1, 0.15) is 23.1 Å². The summed E-state index contributed by atoms with van der Waals surface area (Å²) in [5.74, 6) is 0.776. The molecule has 5 heteroatoms. The topological polar surface area (TPSA) is 50.8 Å². The van der Waals surface area contributed by atoms with Crippen LogP contribution < -0.4 is 4.74 Å². The average molecular weight is 234 g/mol. The maximum atomic E-state index is 6.00. The van der Waals surface area contributed by atoms with Crippen molar-refractivity contribution in [3.63, 3.8) is 0 Å². The number of H-pyrrole nitrogens is 1. The average Bonchev–Trinajstić information content (AvgIpc) is 2.69. The van der Waals surface area contributed by atoms with Crippen LogP contribution in [0.2, 0.25) is 5.15 Å². The van der Waals surface area contributed by atoms with Gasteiger partial charge in [-0.3, -0.25) is 0 Å². The van der Waals surface area contributed by atoms with Crippen LogP contribution in [-0.2, 0) is 0 Å². The fourth-order valence-corrected chi connectivity index (χ4v) is 2.03. The Morgan fingerprint density at radius 1 is 1.31 bits per heavy atom. The van der Waals surface area contributed by atoms with Crippen LogP contribution >= 0.6 is 11.6 Å². The van der Waals surface area contributed by atoms with Gasteiger partial charge in [0.2, 0.25) is 0 Å². The summed E-state index contributed by atoms with van der Waals surface area (Å²) < 4.78 is 5.31. The zero-order chi connectivity index (χ0) is 11.1. The zero-order valence-electron chi connectivity index (χ0n) is 8.49. The van der Waals surface area contributed by atoms with Gasteiger partial charge in [0.25, 0.3) is 0 Å². The molecule has 0 fully saturated rings. The summed E-state index contributed by atoms with van der Waals surface area (Å²) in [6.45, 7) is 0. The summed E-state index contributed by atoms with van der Waals surface area (Å²) in [6, 6.07) is 5.76. The standard InChI is InChI=1S/C11H8ClN3O/c1-16-7-4-2-3-6-8(7)9-10(15-6)11(12)14-5-13-9/h2-5,15H,1H3. The van der Waals surface area contributed by atoms with E-state index < -0.39 is 0 Å². The monoisotopic (exact) mass is 233 g/mol. The van der Waals surface area contributed by atoms with Gasteiger partial charge in [0.05, 0.1) is 18.0 Å². The largest absolute Gasteiger partial charge is 0.496 e. The molecule has 0 bridgehead atoms. The van der Waals surface area contributed by atoms with Crippen LogP contribution in [0.15, 0.2) is 24.5 Å². The van der Waals surface area contributed by atoms with Crippen molar-refractivity contribution in [2.45, 2.75) is 0 Å². The highest BCUT2D eigenvalue weighted by atomic mass is 35.5. The van der Waals surface area contributed by atoms with Crippen LogP contribution in [0, 0.1) is 0 Å². The molecule has 1 aromatic carbocycles. The molecule has 2 heterocycles. The highest BCUT2D eigenvalue weighted by Gasteiger charge is 2.12. The molecule has 0 spiro atoms. The minimum absolute atomic E-state index is 0.420. The van der Waals surface area contributed by atoms with Crippen LogP contribution in [-0.4, -0.2) is 22.1 Å². The van der Waals surface area contributed by atoms with E-state index in [0.29, 0.717) is 5.15 Å². The molecule has 0 radical (unpaired) electrons. The number of hydrogen-bond donors (Lipinski definition) is 1. The molecule has 3 aromatic rings. The molecule has 0 saturated heterocycles. The molecule has 4 nitrogen and oxygen atoms in total. The van der Waals surface area contributed by atoms with Gasteiger partial charge in [-0.1, -0.05) is 17.7 Å². The molecule has 0 aliphatic carbocycles. The Morgan fingerprint density at radius 2 is 2.19 bits per heavy atom. The predicted molar refractivity (Wildman–Crippen MR) is 63.0 cm³/mol. The van der Waals surface area contributed by atoms with Gasteiger partial charge in [-0.05, 0) is 12.1 Å². The van der Waals surface area contributed by atoms with Gasteiger partial charge in [0.15, 0.2) is 5.15 Å². The third-order valence-corrected chi connectivity index (χ3v) is 2.83. The van der Waals surface area contributed by atoms with Gasteiger partial charge in [0, 0.05) is 0 Å². The normalized spacial score (nSPS) is 11.1. The third kappa shape index (κ3) is 1.17. The maximum absolute atomic E-state index is 6.00. The predicted octanol–water partition coefficient (Wildman–Crippen LogP) is 2.77. The number of aromatic nitrogens is 3. The smallest absolute Gasteiger partial charge is 0.156 e. The number of benzene rings is 1. The molecule has 3 rings (SSSR count). The van der Waals surface area contributed by atoms with Crippen molar-refractivity contribution in [2.75, 3.05) is 7.11 Å². The molecular weight excluding hydrogens is 226 g/mol. The lowest BCUT2D eigenvalue weighted by molar-refractivity contribution is 0.420. The minimum Gasteiger partial charge on any atom is -0.496 e. The van der Waals surface area contributed by atoms with E-state index in [1.165, 1.54) is 6.33 Å². The number of methoxy groups -OCH3 is 1. The SMILES string of the molecule is COc1cccc2[nH]c3c(Cl)ncnc3c12. The molecule has 0 aliphatic heterocycles. The molecule has 1 N–H and O–H groups in total. The fraction of sp³-hybridized carbons (Fsp3) is 0.0909. The van der Waals surface area contributed by atoms with Crippen molar-refractivity contribution in [3.8, 4) is 5.75 Å². The van der Waals surface area contributed by atoms with Gasteiger partial charge >= 0.3 is 0 Å². The number of ether oxygens (including phenoxy) is 1. The van der Waals surface area contributed by atoms with Crippen molar-refractivity contribution >= 4 is 33.5 Å². The molecule has 0 aliphatic rings. The molecule has 0 unspecified atom stereocenters. The summed E-state index contributed by atoms with van der Waals surface area (Å²) in [5.41, 5.74) is 2.47. The van der Waals surface area contributed by atoms with E-state index in [-0.39, 0.29) is 0 Å². The summed E-state index contributed by atoms with van der Waals surface area (Å²) in [5, 5.41) is 1.35. The lowest BCUT2D eigenvalue weighted by Crippen LogP contribution is -1.84. The van der Waals surface area contributed by atoms with E-state index in [1.807, 2.05) is 18.2 Å². The van der Waals surface area contributed by atoms with E-state index in [9.17, 15) is 0 Å². The van der Waals surface area contributed by atoms with E-state index in [4.69, 9.17) is 16.3 Å². The number of fused-ring (bicyclic) bond motifs is 3. The van der Waals surface area contributed by atoms with Crippen LogP contribution in [0.4, 0.5) is 0 Å². The first kappa shape index (κ1) is 9.42. The number of halogens is 1. The number of hydrogen-bond acceptors (Lipinski definition) is 3. The number of nitrogens with zero attached hydrogens (tertiary/aromatic N) is 2. The maximum Gasteiger partial charge on any atom is 0.156 e. The Balaban J connectivity index is 2.57. The first-order chi connectivity index (χ1) is 7.81. The van der Waals surface area contributed by atoms with Crippen molar-refractivity contribution in [3.05, 3.63) is 29.7 Å².